The fourth-order valence-electron chi connectivity index (χ4n) is 1.95. The number of amides is 1. The lowest BCUT2D eigenvalue weighted by molar-refractivity contribution is -0.137. The second-order valence-corrected chi connectivity index (χ2v) is 5.30. The zero-order valence-corrected chi connectivity index (χ0v) is 9.83. The molecular weight excluding hydrogens is 188 g/mol. The minimum Gasteiger partial charge on any atom is -0.339 e. The largest absolute Gasteiger partial charge is 0.339 e. The highest BCUT2D eigenvalue weighted by Gasteiger charge is 2.37. The second-order valence-electron chi connectivity index (χ2n) is 5.30. The van der Waals surface area contributed by atoms with E-state index in [9.17, 15) is 4.79 Å². The molecule has 1 N–H and O–H groups in total. The van der Waals surface area contributed by atoms with Gasteiger partial charge in [0.05, 0.1) is 5.92 Å². The Hall–Kier alpha value is -0.570. The molecular formula is C12H22N2O. The summed E-state index contributed by atoms with van der Waals surface area (Å²) >= 11 is 0. The minimum absolute atomic E-state index is 0.276. The molecule has 1 amide bonds. The molecule has 0 radical (unpaired) electrons. The van der Waals surface area contributed by atoms with Crippen LogP contribution in [0.1, 0.15) is 33.1 Å². The van der Waals surface area contributed by atoms with Gasteiger partial charge in [-0.1, -0.05) is 13.8 Å². The molecule has 3 heteroatoms. The fourth-order valence-corrected chi connectivity index (χ4v) is 1.95. The third kappa shape index (κ3) is 2.71. The van der Waals surface area contributed by atoms with Crippen LogP contribution in [0.25, 0.3) is 0 Å². The molecule has 2 fully saturated rings. The molecule has 1 heterocycles. The van der Waals surface area contributed by atoms with Crippen LogP contribution in [-0.2, 0) is 4.79 Å². The normalized spacial score (nSPS) is 21.5. The smallest absolute Gasteiger partial charge is 0.228 e. The number of nitrogens with one attached hydrogen (secondary N) is 1. The molecule has 86 valence electrons. The van der Waals surface area contributed by atoms with Gasteiger partial charge in [0.1, 0.15) is 0 Å². The van der Waals surface area contributed by atoms with Gasteiger partial charge in [0.25, 0.3) is 0 Å². The molecule has 2 aliphatic rings. The Morgan fingerprint density at radius 2 is 2.07 bits per heavy atom. The zero-order valence-electron chi connectivity index (χ0n) is 9.83. The first-order valence-electron chi connectivity index (χ1n) is 6.19. The van der Waals surface area contributed by atoms with Crippen LogP contribution in [0.15, 0.2) is 0 Å². The van der Waals surface area contributed by atoms with Gasteiger partial charge >= 0.3 is 0 Å². The Labute approximate surface area is 92.2 Å². The standard InChI is InChI=1S/C12H22N2O/c1-9(2)5-6-14(11-3-4-11)12(15)10-7-13-8-10/h9-11,13H,3-8H2,1-2H3. The van der Waals surface area contributed by atoms with Crippen LogP contribution in [0, 0.1) is 11.8 Å². The van der Waals surface area contributed by atoms with E-state index in [1.54, 1.807) is 0 Å². The molecule has 0 unspecified atom stereocenters. The SMILES string of the molecule is CC(C)CCN(C(=O)C1CNC1)C1CC1. The predicted octanol–water partition coefficient (Wildman–Crippen LogP) is 1.24. The number of nitrogens with zero attached hydrogens (tertiary/aromatic N) is 1. The molecule has 0 spiro atoms. The summed E-state index contributed by atoms with van der Waals surface area (Å²) in [6, 6.07) is 0.580. The molecule has 15 heavy (non-hydrogen) atoms. The summed E-state index contributed by atoms with van der Waals surface area (Å²) in [7, 11) is 0. The summed E-state index contributed by atoms with van der Waals surface area (Å²) in [5, 5.41) is 3.17. The molecule has 0 aromatic carbocycles. The molecule has 2 rings (SSSR count). The molecule has 1 aliphatic heterocycles. The average Bonchev–Trinajstić information content (AvgIpc) is 2.84. The van der Waals surface area contributed by atoms with E-state index in [0.29, 0.717) is 17.9 Å². The van der Waals surface area contributed by atoms with E-state index in [-0.39, 0.29) is 5.92 Å². The molecule has 0 aromatic heterocycles. The van der Waals surface area contributed by atoms with E-state index < -0.39 is 0 Å². The van der Waals surface area contributed by atoms with E-state index >= 15 is 0 Å². The van der Waals surface area contributed by atoms with Gasteiger partial charge in [-0.25, -0.2) is 0 Å². The van der Waals surface area contributed by atoms with Crippen LogP contribution in [0.3, 0.4) is 0 Å². The van der Waals surface area contributed by atoms with Gasteiger partial charge < -0.3 is 10.2 Å². The van der Waals surface area contributed by atoms with Crippen LogP contribution in [0.2, 0.25) is 0 Å². The van der Waals surface area contributed by atoms with Crippen LogP contribution >= 0.6 is 0 Å². The summed E-state index contributed by atoms with van der Waals surface area (Å²) in [6.07, 6.45) is 3.59. The van der Waals surface area contributed by atoms with E-state index in [0.717, 1.165) is 26.1 Å². The van der Waals surface area contributed by atoms with Crippen molar-refractivity contribution in [3.8, 4) is 0 Å². The Bertz CT molecular complexity index is 232. The van der Waals surface area contributed by atoms with E-state index in [1.807, 2.05) is 0 Å². The molecule has 1 aliphatic carbocycles. The third-order valence-electron chi connectivity index (χ3n) is 3.35. The summed E-state index contributed by atoms with van der Waals surface area (Å²) in [5.74, 6) is 1.37. The van der Waals surface area contributed by atoms with Gasteiger partial charge in [-0.3, -0.25) is 4.79 Å². The first-order chi connectivity index (χ1) is 7.18. The van der Waals surface area contributed by atoms with Crippen molar-refractivity contribution in [2.45, 2.75) is 39.2 Å². The Kier molecular flexibility index (Phi) is 3.29. The highest BCUT2D eigenvalue weighted by molar-refractivity contribution is 5.80. The van der Waals surface area contributed by atoms with Crippen molar-refractivity contribution < 1.29 is 4.79 Å². The number of carbonyl (C=O) groups excluding carboxylic acids is 1. The summed E-state index contributed by atoms with van der Waals surface area (Å²) in [5.41, 5.74) is 0. The maximum Gasteiger partial charge on any atom is 0.228 e. The number of carbonyl (C=O) groups is 1. The minimum atomic E-state index is 0.276. The van der Waals surface area contributed by atoms with E-state index in [4.69, 9.17) is 0 Å². The third-order valence-corrected chi connectivity index (χ3v) is 3.35. The van der Waals surface area contributed by atoms with Crippen molar-refractivity contribution in [1.82, 2.24) is 10.2 Å². The van der Waals surface area contributed by atoms with Gasteiger partial charge in [0.15, 0.2) is 0 Å². The fraction of sp³-hybridized carbons (Fsp3) is 0.917. The number of hydrogen-bond donors (Lipinski definition) is 1. The maximum absolute atomic E-state index is 12.1. The Balaban J connectivity index is 1.84. The lowest BCUT2D eigenvalue weighted by Gasteiger charge is -2.33. The molecule has 1 saturated heterocycles. The zero-order chi connectivity index (χ0) is 10.8. The topological polar surface area (TPSA) is 32.3 Å². The summed E-state index contributed by atoms with van der Waals surface area (Å²) in [6.45, 7) is 7.20. The first kappa shape index (κ1) is 10.9. The number of rotatable bonds is 5. The van der Waals surface area contributed by atoms with Gasteiger partial charge in [-0.2, -0.15) is 0 Å². The van der Waals surface area contributed by atoms with Crippen LogP contribution in [-0.4, -0.2) is 36.5 Å². The van der Waals surface area contributed by atoms with E-state index in [1.165, 1.54) is 12.8 Å². The molecule has 0 bridgehead atoms. The lowest BCUT2D eigenvalue weighted by Crippen LogP contribution is -2.52. The summed E-state index contributed by atoms with van der Waals surface area (Å²) in [4.78, 5) is 14.2. The molecule has 0 aromatic rings. The second kappa shape index (κ2) is 4.52. The van der Waals surface area contributed by atoms with Crippen molar-refractivity contribution >= 4 is 5.91 Å². The highest BCUT2D eigenvalue weighted by atomic mass is 16.2. The van der Waals surface area contributed by atoms with Crippen molar-refractivity contribution in [2.75, 3.05) is 19.6 Å². The number of hydrogen-bond acceptors (Lipinski definition) is 2. The molecule has 3 nitrogen and oxygen atoms in total. The quantitative estimate of drug-likeness (QED) is 0.740. The molecule has 1 saturated carbocycles. The summed E-state index contributed by atoms with van der Waals surface area (Å²) < 4.78 is 0. The van der Waals surface area contributed by atoms with Crippen molar-refractivity contribution in [3.05, 3.63) is 0 Å². The predicted molar refractivity (Wildman–Crippen MR) is 60.5 cm³/mol. The first-order valence-corrected chi connectivity index (χ1v) is 6.19. The van der Waals surface area contributed by atoms with Crippen molar-refractivity contribution in [3.63, 3.8) is 0 Å². The van der Waals surface area contributed by atoms with Crippen LogP contribution < -0.4 is 5.32 Å². The van der Waals surface area contributed by atoms with Crippen molar-refractivity contribution in [1.29, 1.82) is 0 Å². The Morgan fingerprint density at radius 1 is 1.40 bits per heavy atom. The maximum atomic E-state index is 12.1. The van der Waals surface area contributed by atoms with Crippen LogP contribution in [0.5, 0.6) is 0 Å². The van der Waals surface area contributed by atoms with Crippen LogP contribution in [0.4, 0.5) is 0 Å². The Morgan fingerprint density at radius 3 is 2.47 bits per heavy atom. The highest BCUT2D eigenvalue weighted by Crippen LogP contribution is 2.29. The molecule has 0 atom stereocenters. The van der Waals surface area contributed by atoms with E-state index in [2.05, 4.69) is 24.1 Å². The van der Waals surface area contributed by atoms with Gasteiger partial charge in [-0.05, 0) is 25.2 Å². The monoisotopic (exact) mass is 210 g/mol. The lowest BCUT2D eigenvalue weighted by atomic mass is 10.0. The van der Waals surface area contributed by atoms with Gasteiger partial charge in [0.2, 0.25) is 5.91 Å². The van der Waals surface area contributed by atoms with Gasteiger partial charge in [-0.15, -0.1) is 0 Å². The average molecular weight is 210 g/mol. The van der Waals surface area contributed by atoms with Crippen molar-refractivity contribution in [2.24, 2.45) is 11.8 Å². The van der Waals surface area contributed by atoms with Gasteiger partial charge in [0, 0.05) is 25.7 Å².